The normalized spacial score (nSPS) is 28.0. The molecule has 1 saturated carbocycles. The average molecular weight is 236 g/mol. The van der Waals surface area contributed by atoms with Gasteiger partial charge in [0.05, 0.1) is 24.4 Å². The molecule has 92 valence electrons. The van der Waals surface area contributed by atoms with Gasteiger partial charge in [-0.1, -0.05) is 18.2 Å². The zero-order chi connectivity index (χ0) is 12.3. The minimum atomic E-state index is -0.685. The van der Waals surface area contributed by atoms with E-state index in [0.717, 1.165) is 0 Å². The Morgan fingerprint density at radius 3 is 2.35 bits per heavy atom. The van der Waals surface area contributed by atoms with Crippen molar-refractivity contribution >= 4 is 5.97 Å². The largest absolute Gasteiger partial charge is 0.462 e. The van der Waals surface area contributed by atoms with Crippen molar-refractivity contribution in [1.82, 2.24) is 0 Å². The highest BCUT2D eigenvalue weighted by atomic mass is 16.5. The lowest BCUT2D eigenvalue weighted by Crippen LogP contribution is -2.17. The molecule has 1 aliphatic rings. The van der Waals surface area contributed by atoms with Crippen LogP contribution in [0.4, 0.5) is 0 Å². The van der Waals surface area contributed by atoms with Crippen LogP contribution >= 0.6 is 0 Å². The molecule has 0 radical (unpaired) electrons. The maximum atomic E-state index is 11.6. The summed E-state index contributed by atoms with van der Waals surface area (Å²) in [6.07, 6.45) is -0.391. The predicted molar refractivity (Wildman–Crippen MR) is 61.5 cm³/mol. The third kappa shape index (κ3) is 3.05. The molecule has 1 fully saturated rings. The fourth-order valence-corrected chi connectivity index (χ4v) is 2.08. The molecule has 0 heterocycles. The third-order valence-electron chi connectivity index (χ3n) is 3.05. The summed E-state index contributed by atoms with van der Waals surface area (Å²) in [6.45, 7) is 0.252. The second kappa shape index (κ2) is 5.29. The first kappa shape index (κ1) is 12.1. The Morgan fingerprint density at radius 2 is 1.76 bits per heavy atom. The molecule has 1 aromatic carbocycles. The van der Waals surface area contributed by atoms with E-state index >= 15 is 0 Å². The molecule has 0 aliphatic heterocycles. The molecule has 17 heavy (non-hydrogen) atoms. The van der Waals surface area contributed by atoms with Crippen LogP contribution in [0, 0.1) is 5.92 Å². The van der Waals surface area contributed by atoms with Crippen LogP contribution in [0.5, 0.6) is 0 Å². The molecule has 1 aromatic rings. The topological polar surface area (TPSA) is 66.8 Å². The molecule has 3 atom stereocenters. The van der Waals surface area contributed by atoms with Crippen molar-refractivity contribution in [3.63, 3.8) is 0 Å². The van der Waals surface area contributed by atoms with E-state index in [4.69, 9.17) is 4.74 Å². The summed E-state index contributed by atoms with van der Waals surface area (Å²) in [6, 6.07) is 8.78. The standard InChI is InChI=1S/C13H16O4/c14-11-6-9(7-12(11)15)8-17-13(16)10-4-2-1-3-5-10/h1-5,9,11-12,14-15H,6-8H2/t9?,11-,12+. The van der Waals surface area contributed by atoms with Crippen LogP contribution in [0.25, 0.3) is 0 Å². The summed E-state index contributed by atoms with van der Waals surface area (Å²) in [5, 5.41) is 18.7. The second-order valence-electron chi connectivity index (χ2n) is 4.44. The van der Waals surface area contributed by atoms with Crippen LogP contribution in [-0.2, 0) is 4.74 Å². The summed E-state index contributed by atoms with van der Waals surface area (Å²) in [5.41, 5.74) is 0.520. The molecule has 2 N–H and O–H groups in total. The van der Waals surface area contributed by atoms with Crippen molar-refractivity contribution in [3.8, 4) is 0 Å². The maximum Gasteiger partial charge on any atom is 0.338 e. The highest BCUT2D eigenvalue weighted by Crippen LogP contribution is 2.26. The van der Waals surface area contributed by atoms with Crippen molar-refractivity contribution in [1.29, 1.82) is 0 Å². The molecule has 0 aromatic heterocycles. The Labute approximate surface area is 99.8 Å². The van der Waals surface area contributed by atoms with Gasteiger partial charge in [0.2, 0.25) is 0 Å². The van der Waals surface area contributed by atoms with E-state index < -0.39 is 12.2 Å². The fraction of sp³-hybridized carbons (Fsp3) is 0.462. The number of aliphatic hydroxyl groups is 2. The highest BCUT2D eigenvalue weighted by Gasteiger charge is 2.32. The lowest BCUT2D eigenvalue weighted by Gasteiger charge is -2.09. The summed E-state index contributed by atoms with van der Waals surface area (Å²) in [4.78, 5) is 11.6. The number of carbonyl (C=O) groups is 1. The summed E-state index contributed by atoms with van der Waals surface area (Å²) in [5.74, 6) is -0.311. The van der Waals surface area contributed by atoms with E-state index in [1.54, 1.807) is 24.3 Å². The van der Waals surface area contributed by atoms with Crippen molar-refractivity contribution in [3.05, 3.63) is 35.9 Å². The number of aliphatic hydroxyl groups excluding tert-OH is 2. The average Bonchev–Trinajstić information content (AvgIpc) is 2.67. The van der Waals surface area contributed by atoms with Crippen molar-refractivity contribution < 1.29 is 19.7 Å². The lowest BCUT2D eigenvalue weighted by atomic mass is 10.1. The van der Waals surface area contributed by atoms with Crippen molar-refractivity contribution in [2.75, 3.05) is 6.61 Å². The number of carbonyl (C=O) groups excluding carboxylic acids is 1. The molecule has 1 aliphatic carbocycles. The van der Waals surface area contributed by atoms with Crippen LogP contribution in [0.2, 0.25) is 0 Å². The van der Waals surface area contributed by atoms with Crippen LogP contribution in [0.1, 0.15) is 23.2 Å². The molecule has 4 heteroatoms. The first-order chi connectivity index (χ1) is 8.16. The van der Waals surface area contributed by atoms with Crippen LogP contribution in [0.3, 0.4) is 0 Å². The Kier molecular flexibility index (Phi) is 3.76. The van der Waals surface area contributed by atoms with Gasteiger partial charge in [0, 0.05) is 0 Å². The van der Waals surface area contributed by atoms with E-state index in [1.807, 2.05) is 6.07 Å². The van der Waals surface area contributed by atoms with E-state index in [-0.39, 0.29) is 18.5 Å². The molecule has 0 spiro atoms. The molecule has 0 saturated heterocycles. The van der Waals surface area contributed by atoms with Gasteiger partial charge in [0.1, 0.15) is 0 Å². The first-order valence-corrected chi connectivity index (χ1v) is 5.75. The van der Waals surface area contributed by atoms with E-state index in [0.29, 0.717) is 18.4 Å². The lowest BCUT2D eigenvalue weighted by molar-refractivity contribution is 0.0431. The second-order valence-corrected chi connectivity index (χ2v) is 4.44. The summed E-state index contributed by atoms with van der Waals surface area (Å²) in [7, 11) is 0. The van der Waals surface area contributed by atoms with Gasteiger partial charge in [-0.3, -0.25) is 0 Å². The Hall–Kier alpha value is -1.39. The number of rotatable bonds is 3. The van der Waals surface area contributed by atoms with Crippen LogP contribution in [0.15, 0.2) is 30.3 Å². The van der Waals surface area contributed by atoms with E-state index in [9.17, 15) is 15.0 Å². The zero-order valence-corrected chi connectivity index (χ0v) is 9.45. The van der Waals surface area contributed by atoms with Crippen LogP contribution < -0.4 is 0 Å². The summed E-state index contributed by atoms with van der Waals surface area (Å²) < 4.78 is 5.15. The zero-order valence-electron chi connectivity index (χ0n) is 9.45. The smallest absolute Gasteiger partial charge is 0.338 e. The quantitative estimate of drug-likeness (QED) is 0.768. The molecular weight excluding hydrogens is 220 g/mol. The Bertz CT molecular complexity index is 366. The highest BCUT2D eigenvalue weighted by molar-refractivity contribution is 5.89. The SMILES string of the molecule is O=C(OCC1C[C@@H](O)[C@@H](O)C1)c1ccccc1. The maximum absolute atomic E-state index is 11.6. The molecular formula is C13H16O4. The number of esters is 1. The van der Waals surface area contributed by atoms with E-state index in [1.165, 1.54) is 0 Å². The summed E-state index contributed by atoms with van der Waals surface area (Å²) >= 11 is 0. The van der Waals surface area contributed by atoms with Gasteiger partial charge >= 0.3 is 5.97 Å². The Morgan fingerprint density at radius 1 is 1.18 bits per heavy atom. The minimum absolute atomic E-state index is 0.0488. The molecule has 2 rings (SSSR count). The van der Waals surface area contributed by atoms with Crippen LogP contribution in [-0.4, -0.2) is 35.0 Å². The first-order valence-electron chi connectivity index (χ1n) is 5.75. The van der Waals surface area contributed by atoms with Gasteiger partial charge in [-0.15, -0.1) is 0 Å². The number of benzene rings is 1. The number of ether oxygens (including phenoxy) is 1. The minimum Gasteiger partial charge on any atom is -0.462 e. The Balaban J connectivity index is 1.81. The number of hydrogen-bond donors (Lipinski definition) is 2. The van der Waals surface area contributed by atoms with E-state index in [2.05, 4.69) is 0 Å². The van der Waals surface area contributed by atoms with Gasteiger partial charge in [0.25, 0.3) is 0 Å². The van der Waals surface area contributed by atoms with Gasteiger partial charge in [0.15, 0.2) is 0 Å². The van der Waals surface area contributed by atoms with Gasteiger partial charge in [-0.2, -0.15) is 0 Å². The predicted octanol–water partition coefficient (Wildman–Crippen LogP) is 0.975. The molecule has 1 unspecified atom stereocenters. The number of hydrogen-bond acceptors (Lipinski definition) is 4. The van der Waals surface area contributed by atoms with Gasteiger partial charge < -0.3 is 14.9 Å². The van der Waals surface area contributed by atoms with Gasteiger partial charge in [-0.05, 0) is 30.9 Å². The van der Waals surface area contributed by atoms with Crippen molar-refractivity contribution in [2.45, 2.75) is 25.0 Å². The van der Waals surface area contributed by atoms with Gasteiger partial charge in [-0.25, -0.2) is 4.79 Å². The molecule has 0 bridgehead atoms. The molecule has 0 amide bonds. The van der Waals surface area contributed by atoms with Crippen molar-refractivity contribution in [2.24, 2.45) is 5.92 Å². The monoisotopic (exact) mass is 236 g/mol. The fourth-order valence-electron chi connectivity index (χ4n) is 2.08. The third-order valence-corrected chi connectivity index (χ3v) is 3.05. The molecule has 4 nitrogen and oxygen atoms in total.